The Balaban J connectivity index is 1.35. The summed E-state index contributed by atoms with van der Waals surface area (Å²) in [6.45, 7) is 0.495. The maximum Gasteiger partial charge on any atom is 0.255 e. The predicted octanol–water partition coefficient (Wildman–Crippen LogP) is 5.43. The number of carbonyl (C=O) groups excluding carboxylic acids is 1. The molecule has 1 amide bonds. The van der Waals surface area contributed by atoms with Gasteiger partial charge in [-0.2, -0.15) is 9.97 Å². The van der Waals surface area contributed by atoms with Crippen LogP contribution in [0, 0.1) is 5.82 Å². The minimum absolute atomic E-state index is 0.000192. The van der Waals surface area contributed by atoms with Crippen LogP contribution in [0.4, 0.5) is 33.2 Å². The first-order valence-corrected chi connectivity index (χ1v) is 11.3. The van der Waals surface area contributed by atoms with Crippen LogP contribution in [-0.2, 0) is 6.54 Å². The maximum atomic E-state index is 13.5. The number of nitrogen functional groups attached to an aromatic ring is 2. The Morgan fingerprint density at radius 2 is 1.78 bits per heavy atom. The summed E-state index contributed by atoms with van der Waals surface area (Å²) in [4.78, 5) is 21.3. The van der Waals surface area contributed by atoms with Gasteiger partial charge in [0.1, 0.15) is 17.3 Å². The molecule has 0 saturated heterocycles. The summed E-state index contributed by atoms with van der Waals surface area (Å²) in [5, 5.41) is 6.68. The second-order valence-corrected chi connectivity index (χ2v) is 8.51. The summed E-state index contributed by atoms with van der Waals surface area (Å²) in [5.74, 6) is -0.187. The Morgan fingerprint density at radius 3 is 2.53 bits per heavy atom. The summed E-state index contributed by atoms with van der Waals surface area (Å²) < 4.78 is 15.4. The van der Waals surface area contributed by atoms with E-state index >= 15 is 0 Å². The van der Waals surface area contributed by atoms with E-state index < -0.39 is 5.82 Å². The molecule has 2 heterocycles. The first-order chi connectivity index (χ1) is 17.4. The number of para-hydroxylation sites is 2. The molecule has 5 aromatic rings. The van der Waals surface area contributed by atoms with E-state index in [9.17, 15) is 9.18 Å². The molecule has 0 unspecified atom stereocenters. The van der Waals surface area contributed by atoms with E-state index in [0.29, 0.717) is 40.6 Å². The Labute approximate surface area is 210 Å². The van der Waals surface area contributed by atoms with Crippen molar-refractivity contribution in [2.45, 2.75) is 6.54 Å². The van der Waals surface area contributed by atoms with Crippen LogP contribution in [0.15, 0.2) is 79.0 Å². The molecule has 0 atom stereocenters. The van der Waals surface area contributed by atoms with Gasteiger partial charge in [0, 0.05) is 24.0 Å². The number of nitrogens with zero attached hydrogens (tertiary/aromatic N) is 3. The maximum absolute atomic E-state index is 13.5. The molecule has 36 heavy (non-hydrogen) atoms. The van der Waals surface area contributed by atoms with Crippen LogP contribution in [0.1, 0.15) is 15.9 Å². The standard InChI is InChI=1S/C26H21ClFN7O/c27-19-13-17(9-10-20(19)28)31-23-18-11-12-35(24(18)34-26(30)33-23)14-15-5-7-16(8-6-15)25(36)32-22-4-2-1-3-21(22)29/h1-13H,14,29H2,(H,32,36)(H3,30,31,33,34). The number of rotatable bonds is 6. The SMILES string of the molecule is Nc1nc(Nc2ccc(F)c(Cl)c2)c2ccn(Cc3ccc(C(=O)Nc4ccccc4N)cc3)c2n1. The van der Waals surface area contributed by atoms with Crippen LogP contribution >= 0.6 is 11.6 Å². The zero-order valence-corrected chi connectivity index (χ0v) is 19.6. The summed E-state index contributed by atoms with van der Waals surface area (Å²) in [6.07, 6.45) is 1.88. The first kappa shape index (κ1) is 23.1. The normalized spacial score (nSPS) is 10.9. The largest absolute Gasteiger partial charge is 0.397 e. The van der Waals surface area contributed by atoms with E-state index in [0.717, 1.165) is 10.9 Å². The number of nitrogens with one attached hydrogen (secondary N) is 2. The summed E-state index contributed by atoms with van der Waals surface area (Å²) >= 11 is 5.89. The summed E-state index contributed by atoms with van der Waals surface area (Å²) in [7, 11) is 0. The fourth-order valence-electron chi connectivity index (χ4n) is 3.78. The number of halogens is 2. The minimum Gasteiger partial charge on any atom is -0.397 e. The van der Waals surface area contributed by atoms with Crippen molar-refractivity contribution in [2.24, 2.45) is 0 Å². The molecule has 0 fully saturated rings. The van der Waals surface area contributed by atoms with Gasteiger partial charge in [0.25, 0.3) is 5.91 Å². The molecule has 10 heteroatoms. The van der Waals surface area contributed by atoms with Crippen molar-refractivity contribution in [1.29, 1.82) is 0 Å². The molecule has 0 radical (unpaired) electrons. The number of amides is 1. The van der Waals surface area contributed by atoms with Gasteiger partial charge < -0.3 is 26.7 Å². The van der Waals surface area contributed by atoms with E-state index in [1.807, 2.05) is 35.0 Å². The third kappa shape index (κ3) is 4.77. The molecule has 0 spiro atoms. The lowest BCUT2D eigenvalue weighted by Crippen LogP contribution is -2.13. The number of fused-ring (bicyclic) bond motifs is 1. The molecule has 2 aromatic heterocycles. The lowest BCUT2D eigenvalue weighted by molar-refractivity contribution is 0.102. The third-order valence-corrected chi connectivity index (χ3v) is 5.89. The zero-order chi connectivity index (χ0) is 25.2. The number of aromatic nitrogens is 3. The van der Waals surface area contributed by atoms with Gasteiger partial charge in [-0.15, -0.1) is 0 Å². The highest BCUT2D eigenvalue weighted by Gasteiger charge is 2.13. The van der Waals surface area contributed by atoms with Crippen molar-refractivity contribution in [3.05, 3.63) is 101 Å². The van der Waals surface area contributed by atoms with Crippen molar-refractivity contribution in [3.63, 3.8) is 0 Å². The van der Waals surface area contributed by atoms with Crippen molar-refractivity contribution in [2.75, 3.05) is 22.1 Å². The molecule has 180 valence electrons. The molecule has 5 rings (SSSR count). The smallest absolute Gasteiger partial charge is 0.255 e. The Kier molecular flexibility index (Phi) is 6.14. The quantitative estimate of drug-likeness (QED) is 0.230. The van der Waals surface area contributed by atoms with E-state index in [1.54, 1.807) is 36.4 Å². The van der Waals surface area contributed by atoms with E-state index in [-0.39, 0.29) is 16.9 Å². The van der Waals surface area contributed by atoms with Crippen LogP contribution in [0.5, 0.6) is 0 Å². The molecule has 0 aliphatic rings. The number of hydrogen-bond acceptors (Lipinski definition) is 6. The lowest BCUT2D eigenvalue weighted by Gasteiger charge is -2.11. The lowest BCUT2D eigenvalue weighted by atomic mass is 10.1. The average molecular weight is 502 g/mol. The Bertz CT molecular complexity index is 1580. The number of carbonyl (C=O) groups is 1. The van der Waals surface area contributed by atoms with Crippen molar-refractivity contribution < 1.29 is 9.18 Å². The highest BCUT2D eigenvalue weighted by Crippen LogP contribution is 2.28. The summed E-state index contributed by atoms with van der Waals surface area (Å²) in [5.41, 5.74) is 15.6. The van der Waals surface area contributed by atoms with Gasteiger partial charge in [-0.1, -0.05) is 35.9 Å². The summed E-state index contributed by atoms with van der Waals surface area (Å²) in [6, 6.07) is 20.5. The second-order valence-electron chi connectivity index (χ2n) is 8.10. The van der Waals surface area contributed by atoms with Crippen LogP contribution < -0.4 is 22.1 Å². The number of benzene rings is 3. The van der Waals surface area contributed by atoms with Gasteiger partial charge in [-0.3, -0.25) is 4.79 Å². The van der Waals surface area contributed by atoms with Gasteiger partial charge in [-0.25, -0.2) is 4.39 Å². The van der Waals surface area contributed by atoms with E-state index in [1.165, 1.54) is 12.1 Å². The number of hydrogen-bond donors (Lipinski definition) is 4. The number of anilines is 5. The molecule has 8 nitrogen and oxygen atoms in total. The first-order valence-electron chi connectivity index (χ1n) is 11.0. The molecular weight excluding hydrogens is 481 g/mol. The molecule has 0 saturated carbocycles. The second kappa shape index (κ2) is 9.55. The molecule has 0 aliphatic heterocycles. The molecule has 3 aromatic carbocycles. The van der Waals surface area contributed by atoms with Crippen molar-refractivity contribution in [3.8, 4) is 0 Å². The fraction of sp³-hybridized carbons (Fsp3) is 0.0385. The third-order valence-electron chi connectivity index (χ3n) is 5.60. The van der Waals surface area contributed by atoms with Crippen molar-refractivity contribution in [1.82, 2.24) is 14.5 Å². The average Bonchev–Trinajstić information content (AvgIpc) is 3.26. The predicted molar refractivity (Wildman–Crippen MR) is 141 cm³/mol. The van der Waals surface area contributed by atoms with E-state index in [4.69, 9.17) is 23.1 Å². The molecule has 6 N–H and O–H groups in total. The molecule has 0 aliphatic carbocycles. The van der Waals surface area contributed by atoms with Crippen LogP contribution in [0.3, 0.4) is 0 Å². The monoisotopic (exact) mass is 501 g/mol. The van der Waals surface area contributed by atoms with Gasteiger partial charge in [0.05, 0.1) is 21.8 Å². The molecule has 0 bridgehead atoms. The minimum atomic E-state index is -0.506. The van der Waals surface area contributed by atoms with Gasteiger partial charge in [-0.05, 0) is 54.1 Å². The van der Waals surface area contributed by atoms with Gasteiger partial charge in [0.15, 0.2) is 0 Å². The van der Waals surface area contributed by atoms with Crippen molar-refractivity contribution >= 4 is 57.4 Å². The molecular formula is C26H21ClFN7O. The highest BCUT2D eigenvalue weighted by atomic mass is 35.5. The fourth-order valence-corrected chi connectivity index (χ4v) is 3.96. The number of nitrogens with two attached hydrogens (primary N) is 2. The highest BCUT2D eigenvalue weighted by molar-refractivity contribution is 6.31. The topological polar surface area (TPSA) is 124 Å². The van der Waals surface area contributed by atoms with E-state index in [2.05, 4.69) is 20.6 Å². The van der Waals surface area contributed by atoms with Gasteiger partial charge >= 0.3 is 0 Å². The van der Waals surface area contributed by atoms with Crippen LogP contribution in [0.25, 0.3) is 11.0 Å². The van der Waals surface area contributed by atoms with Crippen LogP contribution in [0.2, 0.25) is 5.02 Å². The Hall–Kier alpha value is -4.63. The zero-order valence-electron chi connectivity index (χ0n) is 18.9. The van der Waals surface area contributed by atoms with Gasteiger partial charge in [0.2, 0.25) is 5.95 Å². The Morgan fingerprint density at radius 1 is 1.00 bits per heavy atom. The van der Waals surface area contributed by atoms with Crippen LogP contribution in [-0.4, -0.2) is 20.4 Å².